The van der Waals surface area contributed by atoms with Gasteiger partial charge in [0.05, 0.1) is 16.9 Å². The molecule has 0 aliphatic carbocycles. The molecule has 0 saturated heterocycles. The highest BCUT2D eigenvalue weighted by Gasteiger charge is 2.35. The molecule has 2 amide bonds. The number of benzene rings is 1. The minimum absolute atomic E-state index is 0.0268. The first-order chi connectivity index (χ1) is 15.1. The Morgan fingerprint density at radius 2 is 1.91 bits per heavy atom. The van der Waals surface area contributed by atoms with Gasteiger partial charge in [-0.1, -0.05) is 41.4 Å². The van der Waals surface area contributed by atoms with Crippen LogP contribution in [0.25, 0.3) is 21.3 Å². The van der Waals surface area contributed by atoms with Crippen molar-refractivity contribution in [2.24, 2.45) is 5.73 Å². The van der Waals surface area contributed by atoms with Gasteiger partial charge < -0.3 is 11.1 Å². The summed E-state index contributed by atoms with van der Waals surface area (Å²) in [6, 6.07) is 7.63. The van der Waals surface area contributed by atoms with Gasteiger partial charge in [-0.15, -0.1) is 11.3 Å². The first-order valence-corrected chi connectivity index (χ1v) is 10.2. The first-order valence-electron chi connectivity index (χ1n) is 8.98. The van der Waals surface area contributed by atoms with Crippen LogP contribution in [0.5, 0.6) is 0 Å². The Bertz CT molecular complexity index is 1360. The van der Waals surface area contributed by atoms with E-state index in [2.05, 4.69) is 20.5 Å². The minimum Gasteiger partial charge on any atom is -0.365 e. The quantitative estimate of drug-likeness (QED) is 0.381. The number of amides is 2. The molecule has 0 aliphatic rings. The number of carbonyl (C=O) groups is 2. The molecule has 7 nitrogen and oxygen atoms in total. The van der Waals surface area contributed by atoms with E-state index in [1.54, 1.807) is 24.3 Å². The smallest absolute Gasteiger partial charge is 0.365 e. The fourth-order valence-electron chi connectivity index (χ4n) is 3.10. The van der Waals surface area contributed by atoms with E-state index >= 15 is 0 Å². The highest BCUT2D eigenvalue weighted by atomic mass is 35.5. The number of aromatic nitrogens is 3. The number of hydrogen-bond donors (Lipinski definition) is 3. The molecule has 12 heteroatoms. The Hall–Kier alpha value is -3.44. The molecule has 0 aliphatic heterocycles. The lowest BCUT2D eigenvalue weighted by Gasteiger charge is -2.12. The van der Waals surface area contributed by atoms with Crippen molar-refractivity contribution in [3.63, 3.8) is 0 Å². The number of aryl methyl sites for hydroxylation is 1. The summed E-state index contributed by atoms with van der Waals surface area (Å²) in [6.45, 7) is 1.84. The van der Waals surface area contributed by atoms with Crippen LogP contribution in [0.3, 0.4) is 0 Å². The Labute approximate surface area is 187 Å². The number of hydrogen-bond acceptors (Lipinski definition) is 5. The van der Waals surface area contributed by atoms with Crippen molar-refractivity contribution in [2.45, 2.75) is 13.1 Å². The molecule has 0 saturated carbocycles. The standard InChI is InChI=1S/C20H13ClF3N5O2S/c1-8-2-4-9(5-3-8)10-6-12(20(22,23)24)27-19-13(10)15(16(32-19)17(25)30)28-18(31)14-11(21)7-26-29-14/h2-7H,1H3,(H2,25,30)(H,26,29)(H,28,31). The second kappa shape index (κ2) is 7.92. The molecule has 32 heavy (non-hydrogen) atoms. The number of primary amides is 1. The lowest BCUT2D eigenvalue weighted by Crippen LogP contribution is -2.17. The average molecular weight is 480 g/mol. The first kappa shape index (κ1) is 21.8. The SMILES string of the molecule is Cc1ccc(-c2cc(C(F)(F)F)nc3sc(C(N)=O)c(NC(=O)c4[nH]ncc4Cl)c23)cc1. The topological polar surface area (TPSA) is 114 Å². The van der Waals surface area contributed by atoms with Crippen molar-refractivity contribution in [1.29, 1.82) is 0 Å². The van der Waals surface area contributed by atoms with Gasteiger partial charge in [-0.25, -0.2) is 4.98 Å². The maximum absolute atomic E-state index is 13.5. The molecule has 3 aromatic heterocycles. The molecule has 1 aromatic carbocycles. The van der Waals surface area contributed by atoms with Gasteiger partial charge in [0.1, 0.15) is 21.1 Å². The zero-order valence-electron chi connectivity index (χ0n) is 16.2. The number of H-pyrrole nitrogens is 1. The highest BCUT2D eigenvalue weighted by Crippen LogP contribution is 2.43. The summed E-state index contributed by atoms with van der Waals surface area (Å²) >= 11 is 6.59. The molecular weight excluding hydrogens is 467 g/mol. The molecule has 0 spiro atoms. The van der Waals surface area contributed by atoms with E-state index < -0.39 is 23.7 Å². The van der Waals surface area contributed by atoms with Crippen LogP contribution in [-0.4, -0.2) is 27.0 Å². The number of pyridine rings is 1. The van der Waals surface area contributed by atoms with E-state index in [-0.39, 0.29) is 37.1 Å². The number of nitrogens with two attached hydrogens (primary N) is 1. The lowest BCUT2D eigenvalue weighted by atomic mass is 10.00. The van der Waals surface area contributed by atoms with Gasteiger partial charge in [-0.3, -0.25) is 14.7 Å². The van der Waals surface area contributed by atoms with Crippen LogP contribution < -0.4 is 11.1 Å². The molecule has 0 unspecified atom stereocenters. The molecule has 0 radical (unpaired) electrons. The van der Waals surface area contributed by atoms with Crippen molar-refractivity contribution in [2.75, 3.05) is 5.32 Å². The number of aromatic amines is 1. The van der Waals surface area contributed by atoms with Crippen LogP contribution in [0, 0.1) is 6.92 Å². The monoisotopic (exact) mass is 479 g/mol. The second-order valence-electron chi connectivity index (χ2n) is 6.82. The number of fused-ring (bicyclic) bond motifs is 1. The Balaban J connectivity index is 2.00. The summed E-state index contributed by atoms with van der Waals surface area (Å²) in [5.41, 5.74) is 5.67. The average Bonchev–Trinajstić information content (AvgIpc) is 3.31. The zero-order chi connectivity index (χ0) is 23.2. The normalized spacial score (nSPS) is 11.7. The van der Waals surface area contributed by atoms with E-state index in [0.717, 1.165) is 11.6 Å². The van der Waals surface area contributed by atoms with Crippen LogP contribution >= 0.6 is 22.9 Å². The third kappa shape index (κ3) is 3.92. The van der Waals surface area contributed by atoms with Gasteiger partial charge in [0, 0.05) is 5.39 Å². The summed E-state index contributed by atoms with van der Waals surface area (Å²) in [5, 5.41) is 8.80. The zero-order valence-corrected chi connectivity index (χ0v) is 17.7. The van der Waals surface area contributed by atoms with E-state index in [9.17, 15) is 22.8 Å². The van der Waals surface area contributed by atoms with E-state index in [1.165, 1.54) is 6.20 Å². The summed E-state index contributed by atoms with van der Waals surface area (Å²) in [5.74, 6) is -1.67. The van der Waals surface area contributed by atoms with Gasteiger partial charge in [-0.2, -0.15) is 18.3 Å². The van der Waals surface area contributed by atoms with E-state index in [0.29, 0.717) is 16.9 Å². The molecule has 4 rings (SSSR count). The van der Waals surface area contributed by atoms with Gasteiger partial charge in [0.2, 0.25) is 0 Å². The third-order valence-electron chi connectivity index (χ3n) is 4.60. The van der Waals surface area contributed by atoms with Crippen LogP contribution in [0.2, 0.25) is 5.02 Å². The van der Waals surface area contributed by atoms with Crippen LogP contribution in [0.15, 0.2) is 36.5 Å². The lowest BCUT2D eigenvalue weighted by molar-refractivity contribution is -0.140. The number of anilines is 1. The van der Waals surface area contributed by atoms with Crippen molar-refractivity contribution in [3.8, 4) is 11.1 Å². The number of thiophene rings is 1. The van der Waals surface area contributed by atoms with Gasteiger partial charge in [0.15, 0.2) is 0 Å². The van der Waals surface area contributed by atoms with Gasteiger partial charge in [-0.05, 0) is 24.1 Å². The Morgan fingerprint density at radius 1 is 1.22 bits per heavy atom. The van der Waals surface area contributed by atoms with E-state index in [1.807, 2.05) is 6.92 Å². The van der Waals surface area contributed by atoms with Crippen molar-refractivity contribution < 1.29 is 22.8 Å². The van der Waals surface area contributed by atoms with Crippen LogP contribution in [0.4, 0.5) is 18.9 Å². The molecule has 164 valence electrons. The summed E-state index contributed by atoms with van der Waals surface area (Å²) in [4.78, 5) is 28.2. The second-order valence-corrected chi connectivity index (χ2v) is 8.22. The number of halogens is 4. The van der Waals surface area contributed by atoms with Gasteiger partial charge in [0.25, 0.3) is 11.8 Å². The molecular formula is C20H13ClF3N5O2S. The number of carbonyl (C=O) groups excluding carboxylic acids is 2. The van der Waals surface area contributed by atoms with Crippen LogP contribution in [-0.2, 0) is 6.18 Å². The fraction of sp³-hybridized carbons (Fsp3) is 0.100. The Kier molecular flexibility index (Phi) is 5.39. The van der Waals surface area contributed by atoms with Crippen molar-refractivity contribution in [3.05, 3.63) is 63.4 Å². The maximum atomic E-state index is 13.5. The predicted molar refractivity (Wildman–Crippen MR) is 115 cm³/mol. The molecule has 0 bridgehead atoms. The third-order valence-corrected chi connectivity index (χ3v) is 5.98. The fourth-order valence-corrected chi connectivity index (χ4v) is 4.29. The molecule has 0 atom stereocenters. The number of alkyl halides is 3. The number of nitrogens with one attached hydrogen (secondary N) is 2. The maximum Gasteiger partial charge on any atom is 0.433 e. The van der Waals surface area contributed by atoms with E-state index in [4.69, 9.17) is 17.3 Å². The number of rotatable bonds is 4. The van der Waals surface area contributed by atoms with Crippen molar-refractivity contribution >= 4 is 50.7 Å². The molecule has 4 N–H and O–H groups in total. The molecule has 3 heterocycles. The van der Waals surface area contributed by atoms with Crippen LogP contribution in [0.1, 0.15) is 31.4 Å². The summed E-state index contributed by atoms with van der Waals surface area (Å²) in [6.07, 6.45) is -3.51. The number of nitrogens with zero attached hydrogens (tertiary/aromatic N) is 2. The largest absolute Gasteiger partial charge is 0.433 e. The summed E-state index contributed by atoms with van der Waals surface area (Å²) in [7, 11) is 0. The molecule has 4 aromatic rings. The van der Waals surface area contributed by atoms with Crippen molar-refractivity contribution in [1.82, 2.24) is 15.2 Å². The predicted octanol–water partition coefficient (Wildman–Crippen LogP) is 5.02. The van der Waals surface area contributed by atoms with Gasteiger partial charge >= 0.3 is 6.18 Å². The summed E-state index contributed by atoms with van der Waals surface area (Å²) < 4.78 is 40.6. The highest BCUT2D eigenvalue weighted by molar-refractivity contribution is 7.21. The molecule has 0 fully saturated rings. The minimum atomic E-state index is -4.72. The Morgan fingerprint density at radius 3 is 2.47 bits per heavy atom.